The average Bonchev–Trinajstić information content (AvgIpc) is 2.64. The molecule has 27 heavy (non-hydrogen) atoms. The lowest BCUT2D eigenvalue weighted by Gasteiger charge is -2.23. The molecule has 2 rings (SSSR count). The Morgan fingerprint density at radius 2 is 1.93 bits per heavy atom. The lowest BCUT2D eigenvalue weighted by molar-refractivity contribution is -0.135. The fraction of sp³-hybridized carbons (Fsp3) is 0.167. The number of nitrogens with zero attached hydrogens (tertiary/aromatic N) is 1. The zero-order valence-electron chi connectivity index (χ0n) is 14.5. The Balaban J connectivity index is 2.44. The Labute approximate surface area is 162 Å². The van der Waals surface area contributed by atoms with Crippen molar-refractivity contribution in [1.29, 1.82) is 0 Å². The molecule has 0 bridgehead atoms. The van der Waals surface area contributed by atoms with Crippen LogP contribution in [0.25, 0.3) is 0 Å². The number of halogens is 1. The first-order valence-electron chi connectivity index (χ1n) is 7.71. The Morgan fingerprint density at radius 3 is 2.44 bits per heavy atom. The highest BCUT2D eigenvalue weighted by molar-refractivity contribution is 7.92. The van der Waals surface area contributed by atoms with Gasteiger partial charge in [0.2, 0.25) is 0 Å². The molecule has 0 aliphatic rings. The van der Waals surface area contributed by atoms with Gasteiger partial charge in [-0.05, 0) is 42.5 Å². The van der Waals surface area contributed by atoms with Gasteiger partial charge in [-0.3, -0.25) is 9.10 Å². The molecule has 0 amide bonds. The van der Waals surface area contributed by atoms with Gasteiger partial charge in [-0.25, -0.2) is 8.42 Å². The number of hydrogen-bond acceptors (Lipinski definition) is 5. The number of ether oxygens (including phenoxy) is 2. The van der Waals surface area contributed by atoms with Crippen LogP contribution in [0.1, 0.15) is 0 Å². The third kappa shape index (κ3) is 4.93. The summed E-state index contributed by atoms with van der Waals surface area (Å²) in [6.45, 7) is 3.08. The molecule has 0 saturated heterocycles. The van der Waals surface area contributed by atoms with Crippen molar-refractivity contribution in [3.05, 3.63) is 60.1 Å². The maximum absolute atomic E-state index is 13.0. The molecule has 1 N–H and O–H groups in total. The number of carbonyl (C=O) groups is 1. The molecule has 0 aromatic heterocycles. The van der Waals surface area contributed by atoms with Crippen molar-refractivity contribution in [2.24, 2.45) is 0 Å². The van der Waals surface area contributed by atoms with Crippen molar-refractivity contribution in [1.82, 2.24) is 0 Å². The maximum atomic E-state index is 13.0. The molecule has 0 spiro atoms. The Bertz CT molecular complexity index is 927. The molecule has 0 unspecified atom stereocenters. The molecular weight excluding hydrogens is 394 g/mol. The fourth-order valence-electron chi connectivity index (χ4n) is 2.24. The number of sulfonamides is 1. The van der Waals surface area contributed by atoms with Crippen LogP contribution in [0.5, 0.6) is 11.5 Å². The minimum Gasteiger partial charge on any atom is -0.495 e. The summed E-state index contributed by atoms with van der Waals surface area (Å²) in [7, 11) is -2.77. The van der Waals surface area contributed by atoms with E-state index in [1.54, 1.807) is 18.2 Å². The number of carboxylic acid groups (broad SMARTS) is 1. The van der Waals surface area contributed by atoms with Crippen LogP contribution in [0.4, 0.5) is 5.69 Å². The molecular formula is C18H18ClNO6S. The first-order chi connectivity index (χ1) is 12.8. The van der Waals surface area contributed by atoms with Gasteiger partial charge in [0.05, 0.1) is 22.7 Å². The van der Waals surface area contributed by atoms with E-state index in [2.05, 4.69) is 6.58 Å². The summed E-state index contributed by atoms with van der Waals surface area (Å²) in [4.78, 5) is 11.1. The highest BCUT2D eigenvalue weighted by Gasteiger charge is 2.28. The normalized spacial score (nSPS) is 10.9. The number of rotatable bonds is 9. The minimum absolute atomic E-state index is 0.0991. The van der Waals surface area contributed by atoms with Gasteiger partial charge in [-0.2, -0.15) is 0 Å². The summed E-state index contributed by atoms with van der Waals surface area (Å²) in [6.07, 6.45) is 1.57. The standard InChI is InChI=1S/C18H18ClNO6S/c1-3-10-26-14-6-4-13(5-7-14)20(12-18(21)22)27(23,24)15-8-9-17(25-2)16(19)11-15/h3-9,11H,1,10,12H2,2H3,(H,21,22). The number of carboxylic acids is 1. The van der Waals surface area contributed by atoms with Crippen LogP contribution in [0, 0.1) is 0 Å². The van der Waals surface area contributed by atoms with Crippen molar-refractivity contribution in [2.75, 3.05) is 24.6 Å². The van der Waals surface area contributed by atoms with E-state index in [-0.39, 0.29) is 15.6 Å². The summed E-state index contributed by atoms with van der Waals surface area (Å²) < 4.78 is 37.1. The fourth-order valence-corrected chi connectivity index (χ4v) is 4.00. The number of hydrogen-bond donors (Lipinski definition) is 1. The van der Waals surface area contributed by atoms with E-state index in [1.165, 1.54) is 37.4 Å². The second-order valence-corrected chi connectivity index (χ2v) is 7.56. The van der Waals surface area contributed by atoms with Crippen LogP contribution in [0.3, 0.4) is 0 Å². The van der Waals surface area contributed by atoms with Crippen molar-refractivity contribution in [3.63, 3.8) is 0 Å². The van der Waals surface area contributed by atoms with Gasteiger partial charge < -0.3 is 14.6 Å². The third-order valence-corrected chi connectivity index (χ3v) is 5.55. The van der Waals surface area contributed by atoms with E-state index >= 15 is 0 Å². The molecule has 0 aliphatic heterocycles. The SMILES string of the molecule is C=CCOc1ccc(N(CC(=O)O)S(=O)(=O)c2ccc(OC)c(Cl)c2)cc1. The summed E-state index contributed by atoms with van der Waals surface area (Å²) >= 11 is 6.01. The van der Waals surface area contributed by atoms with Crippen LogP contribution in [-0.4, -0.2) is 39.8 Å². The smallest absolute Gasteiger partial charge is 0.324 e. The van der Waals surface area contributed by atoms with E-state index in [9.17, 15) is 18.3 Å². The molecule has 0 heterocycles. The van der Waals surface area contributed by atoms with E-state index in [0.717, 1.165) is 4.31 Å². The van der Waals surface area contributed by atoms with Crippen molar-refractivity contribution < 1.29 is 27.8 Å². The van der Waals surface area contributed by atoms with Crippen LogP contribution >= 0.6 is 11.6 Å². The number of methoxy groups -OCH3 is 1. The molecule has 0 radical (unpaired) electrons. The Kier molecular flexibility index (Phi) is 6.70. The number of anilines is 1. The van der Waals surface area contributed by atoms with Crippen LogP contribution in [0.15, 0.2) is 60.0 Å². The molecule has 0 atom stereocenters. The first kappa shape index (κ1) is 20.6. The second kappa shape index (κ2) is 8.79. The van der Waals surface area contributed by atoms with Gasteiger partial charge in [0.25, 0.3) is 10.0 Å². The summed E-state index contributed by atoms with van der Waals surface area (Å²) in [5.41, 5.74) is 0.176. The lowest BCUT2D eigenvalue weighted by Crippen LogP contribution is -2.35. The van der Waals surface area contributed by atoms with E-state index < -0.39 is 22.5 Å². The quantitative estimate of drug-likeness (QED) is 0.637. The molecule has 7 nitrogen and oxygen atoms in total. The van der Waals surface area contributed by atoms with Crippen molar-refractivity contribution in [3.8, 4) is 11.5 Å². The predicted octanol–water partition coefficient (Wildman–Crippen LogP) is 3.19. The zero-order valence-corrected chi connectivity index (χ0v) is 16.0. The summed E-state index contributed by atoms with van der Waals surface area (Å²) in [5.74, 6) is -0.492. The number of benzene rings is 2. The van der Waals surface area contributed by atoms with E-state index in [0.29, 0.717) is 18.1 Å². The second-order valence-electron chi connectivity index (χ2n) is 5.30. The lowest BCUT2D eigenvalue weighted by atomic mass is 10.3. The molecule has 144 valence electrons. The van der Waals surface area contributed by atoms with Gasteiger partial charge in [0.15, 0.2) is 0 Å². The van der Waals surface area contributed by atoms with Gasteiger partial charge >= 0.3 is 5.97 Å². The molecule has 0 fully saturated rings. The average molecular weight is 412 g/mol. The number of aliphatic carboxylic acids is 1. The third-order valence-electron chi connectivity index (χ3n) is 3.48. The molecule has 2 aromatic carbocycles. The largest absolute Gasteiger partial charge is 0.495 e. The van der Waals surface area contributed by atoms with Crippen molar-refractivity contribution >= 4 is 33.3 Å². The van der Waals surface area contributed by atoms with Crippen molar-refractivity contribution in [2.45, 2.75) is 4.90 Å². The molecule has 9 heteroatoms. The summed E-state index contributed by atoms with van der Waals surface area (Å²) in [6, 6.07) is 9.94. The molecule has 0 aliphatic carbocycles. The van der Waals surface area contributed by atoms with Gasteiger partial charge in [-0.15, -0.1) is 0 Å². The highest BCUT2D eigenvalue weighted by Crippen LogP contribution is 2.31. The first-order valence-corrected chi connectivity index (χ1v) is 9.53. The van der Waals surface area contributed by atoms with E-state index in [4.69, 9.17) is 21.1 Å². The van der Waals surface area contributed by atoms with Gasteiger partial charge in [0.1, 0.15) is 24.7 Å². The Hall–Kier alpha value is -2.71. The zero-order chi connectivity index (χ0) is 20.0. The van der Waals surface area contributed by atoms with Gasteiger partial charge in [-0.1, -0.05) is 24.3 Å². The molecule has 0 saturated carbocycles. The maximum Gasteiger partial charge on any atom is 0.324 e. The highest BCUT2D eigenvalue weighted by atomic mass is 35.5. The minimum atomic E-state index is -4.17. The van der Waals surface area contributed by atoms with Crippen LogP contribution < -0.4 is 13.8 Å². The Morgan fingerprint density at radius 1 is 1.26 bits per heavy atom. The van der Waals surface area contributed by atoms with Gasteiger partial charge in [0, 0.05) is 0 Å². The summed E-state index contributed by atoms with van der Waals surface area (Å²) in [5, 5.41) is 9.27. The van der Waals surface area contributed by atoms with E-state index in [1.807, 2.05) is 0 Å². The predicted molar refractivity (Wildman–Crippen MR) is 102 cm³/mol. The topological polar surface area (TPSA) is 93.1 Å². The monoisotopic (exact) mass is 411 g/mol. The van der Waals surface area contributed by atoms with Crippen LogP contribution in [0.2, 0.25) is 5.02 Å². The molecule has 2 aromatic rings. The van der Waals surface area contributed by atoms with Crippen LogP contribution in [-0.2, 0) is 14.8 Å².